The third-order valence-corrected chi connectivity index (χ3v) is 2.93. The molecule has 0 saturated carbocycles. The molecule has 1 aromatic rings. The highest BCUT2D eigenvalue weighted by molar-refractivity contribution is 6.32. The SMILES string of the molecule is FC(F)(F)Oc1cc(N2CCNCC2)ccc1Cl. The lowest BCUT2D eigenvalue weighted by Crippen LogP contribution is -2.43. The first kappa shape index (κ1) is 13.3. The summed E-state index contributed by atoms with van der Waals surface area (Å²) in [5.41, 5.74) is 0.681. The minimum atomic E-state index is -4.73. The highest BCUT2D eigenvalue weighted by atomic mass is 35.5. The average molecular weight is 281 g/mol. The normalized spacial score (nSPS) is 16.8. The summed E-state index contributed by atoms with van der Waals surface area (Å²) in [4.78, 5) is 1.98. The van der Waals surface area contributed by atoms with Crippen LogP contribution in [-0.4, -0.2) is 32.5 Å². The van der Waals surface area contributed by atoms with Crippen LogP contribution in [-0.2, 0) is 0 Å². The summed E-state index contributed by atoms with van der Waals surface area (Å²) in [5.74, 6) is -0.361. The highest BCUT2D eigenvalue weighted by Crippen LogP contribution is 2.33. The van der Waals surface area contributed by atoms with E-state index >= 15 is 0 Å². The first-order valence-electron chi connectivity index (χ1n) is 5.47. The van der Waals surface area contributed by atoms with Crippen LogP contribution in [0.2, 0.25) is 5.02 Å². The van der Waals surface area contributed by atoms with Gasteiger partial charge in [-0.15, -0.1) is 13.2 Å². The van der Waals surface area contributed by atoms with Gasteiger partial charge in [-0.2, -0.15) is 0 Å². The Morgan fingerprint density at radius 1 is 1.22 bits per heavy atom. The Kier molecular flexibility index (Phi) is 3.87. The lowest BCUT2D eigenvalue weighted by atomic mass is 10.2. The van der Waals surface area contributed by atoms with Crippen molar-refractivity contribution >= 4 is 17.3 Å². The van der Waals surface area contributed by atoms with Crippen LogP contribution >= 0.6 is 11.6 Å². The van der Waals surface area contributed by atoms with Gasteiger partial charge in [-0.05, 0) is 12.1 Å². The Bertz CT molecular complexity index is 419. The van der Waals surface area contributed by atoms with Crippen molar-refractivity contribution in [2.45, 2.75) is 6.36 Å². The van der Waals surface area contributed by atoms with Gasteiger partial charge in [0.1, 0.15) is 5.75 Å². The first-order chi connectivity index (χ1) is 8.46. The Morgan fingerprint density at radius 2 is 1.89 bits per heavy atom. The van der Waals surface area contributed by atoms with E-state index in [0.29, 0.717) is 5.69 Å². The Morgan fingerprint density at radius 3 is 2.50 bits per heavy atom. The van der Waals surface area contributed by atoms with Gasteiger partial charge in [0.2, 0.25) is 0 Å². The van der Waals surface area contributed by atoms with Gasteiger partial charge >= 0.3 is 6.36 Å². The molecular formula is C11H12ClF3N2O. The average Bonchev–Trinajstić information content (AvgIpc) is 2.31. The maximum atomic E-state index is 12.2. The summed E-state index contributed by atoms with van der Waals surface area (Å²) in [6.07, 6.45) is -4.73. The predicted molar refractivity (Wildman–Crippen MR) is 63.2 cm³/mol. The van der Waals surface area contributed by atoms with E-state index in [1.54, 1.807) is 6.07 Å². The Balaban J connectivity index is 2.19. The molecule has 0 unspecified atom stereocenters. The molecule has 100 valence electrons. The van der Waals surface area contributed by atoms with E-state index in [1.165, 1.54) is 12.1 Å². The van der Waals surface area contributed by atoms with Crippen LogP contribution in [0, 0.1) is 0 Å². The minimum absolute atomic E-state index is 0.0498. The highest BCUT2D eigenvalue weighted by Gasteiger charge is 2.32. The molecule has 0 spiro atoms. The molecule has 0 atom stereocenters. The molecule has 1 aromatic carbocycles. The van der Waals surface area contributed by atoms with Gasteiger partial charge in [0.15, 0.2) is 0 Å². The van der Waals surface area contributed by atoms with Crippen molar-refractivity contribution in [2.75, 3.05) is 31.1 Å². The molecule has 0 aliphatic carbocycles. The van der Waals surface area contributed by atoms with Crippen LogP contribution in [0.1, 0.15) is 0 Å². The Hall–Kier alpha value is -1.14. The molecule has 2 rings (SSSR count). The maximum Gasteiger partial charge on any atom is 0.573 e. The number of nitrogens with one attached hydrogen (secondary N) is 1. The monoisotopic (exact) mass is 280 g/mol. The molecule has 1 aliphatic heterocycles. The molecule has 1 fully saturated rings. The lowest BCUT2D eigenvalue weighted by Gasteiger charge is -2.29. The van der Waals surface area contributed by atoms with Gasteiger partial charge in [0, 0.05) is 37.9 Å². The number of ether oxygens (including phenoxy) is 1. The van der Waals surface area contributed by atoms with Crippen molar-refractivity contribution in [1.29, 1.82) is 0 Å². The van der Waals surface area contributed by atoms with E-state index in [-0.39, 0.29) is 10.8 Å². The second-order valence-corrected chi connectivity index (χ2v) is 4.31. The van der Waals surface area contributed by atoms with E-state index in [9.17, 15) is 13.2 Å². The number of benzene rings is 1. The van der Waals surface area contributed by atoms with Gasteiger partial charge in [-0.1, -0.05) is 11.6 Å². The smallest absolute Gasteiger partial charge is 0.404 e. The molecule has 0 bridgehead atoms. The molecule has 1 heterocycles. The van der Waals surface area contributed by atoms with Gasteiger partial charge in [0.05, 0.1) is 5.02 Å². The van der Waals surface area contributed by atoms with E-state index in [1.807, 2.05) is 4.90 Å². The van der Waals surface area contributed by atoms with Crippen LogP contribution in [0.4, 0.5) is 18.9 Å². The number of anilines is 1. The number of hydrogen-bond acceptors (Lipinski definition) is 3. The molecule has 1 N–H and O–H groups in total. The number of hydrogen-bond donors (Lipinski definition) is 1. The first-order valence-corrected chi connectivity index (χ1v) is 5.84. The number of nitrogens with zero attached hydrogens (tertiary/aromatic N) is 1. The Labute approximate surface area is 107 Å². The summed E-state index contributed by atoms with van der Waals surface area (Å²) < 4.78 is 40.5. The predicted octanol–water partition coefficient (Wildman–Crippen LogP) is 2.65. The molecule has 1 aliphatic rings. The zero-order valence-corrected chi connectivity index (χ0v) is 10.2. The van der Waals surface area contributed by atoms with Gasteiger partial charge in [-0.25, -0.2) is 0 Å². The number of alkyl halides is 3. The van der Waals surface area contributed by atoms with Crippen LogP contribution < -0.4 is 15.0 Å². The molecule has 0 aromatic heterocycles. The van der Waals surface area contributed by atoms with Gasteiger partial charge in [0.25, 0.3) is 0 Å². The fourth-order valence-electron chi connectivity index (χ4n) is 1.81. The molecule has 1 saturated heterocycles. The second kappa shape index (κ2) is 5.24. The summed E-state index contributed by atoms with van der Waals surface area (Å²) in [7, 11) is 0. The third-order valence-electron chi connectivity index (χ3n) is 2.62. The van der Waals surface area contributed by atoms with E-state index in [4.69, 9.17) is 11.6 Å². The second-order valence-electron chi connectivity index (χ2n) is 3.90. The van der Waals surface area contributed by atoms with E-state index in [2.05, 4.69) is 10.1 Å². The van der Waals surface area contributed by atoms with Crippen LogP contribution in [0.3, 0.4) is 0 Å². The van der Waals surface area contributed by atoms with Gasteiger partial charge in [-0.3, -0.25) is 0 Å². The summed E-state index contributed by atoms with van der Waals surface area (Å²) >= 11 is 5.69. The number of rotatable bonds is 2. The topological polar surface area (TPSA) is 24.5 Å². The fraction of sp³-hybridized carbons (Fsp3) is 0.455. The zero-order chi connectivity index (χ0) is 13.2. The number of halogens is 4. The van der Waals surface area contributed by atoms with Crippen molar-refractivity contribution in [3.63, 3.8) is 0 Å². The standard InChI is InChI=1S/C11H12ClF3N2O/c12-9-2-1-8(17-5-3-16-4-6-17)7-10(9)18-11(13,14)15/h1-2,7,16H,3-6H2. The lowest BCUT2D eigenvalue weighted by molar-refractivity contribution is -0.274. The van der Waals surface area contributed by atoms with Crippen molar-refractivity contribution in [1.82, 2.24) is 5.32 Å². The molecular weight excluding hydrogens is 269 g/mol. The van der Waals surface area contributed by atoms with Crippen molar-refractivity contribution in [3.05, 3.63) is 23.2 Å². The van der Waals surface area contributed by atoms with Gasteiger partial charge < -0.3 is 15.0 Å². The molecule has 3 nitrogen and oxygen atoms in total. The zero-order valence-electron chi connectivity index (χ0n) is 9.43. The largest absolute Gasteiger partial charge is 0.573 e. The summed E-state index contributed by atoms with van der Waals surface area (Å²) in [6.45, 7) is 3.09. The van der Waals surface area contributed by atoms with Crippen molar-refractivity contribution in [3.8, 4) is 5.75 Å². The van der Waals surface area contributed by atoms with Crippen LogP contribution in [0.25, 0.3) is 0 Å². The van der Waals surface area contributed by atoms with Crippen molar-refractivity contribution < 1.29 is 17.9 Å². The number of piperazine rings is 1. The summed E-state index contributed by atoms with van der Waals surface area (Å²) in [6, 6.07) is 4.43. The van der Waals surface area contributed by atoms with Crippen molar-refractivity contribution in [2.24, 2.45) is 0 Å². The fourth-order valence-corrected chi connectivity index (χ4v) is 1.97. The maximum absolute atomic E-state index is 12.2. The quantitative estimate of drug-likeness (QED) is 0.901. The van der Waals surface area contributed by atoms with Crippen LogP contribution in [0.15, 0.2) is 18.2 Å². The molecule has 7 heteroatoms. The third kappa shape index (κ3) is 3.43. The minimum Gasteiger partial charge on any atom is -0.404 e. The molecule has 0 amide bonds. The van der Waals surface area contributed by atoms with E-state index < -0.39 is 6.36 Å². The summed E-state index contributed by atoms with van der Waals surface area (Å²) in [5, 5.41) is 3.12. The van der Waals surface area contributed by atoms with Crippen LogP contribution in [0.5, 0.6) is 5.75 Å². The van der Waals surface area contributed by atoms with E-state index in [0.717, 1.165) is 26.2 Å². The molecule has 0 radical (unpaired) electrons. The molecule has 18 heavy (non-hydrogen) atoms.